The van der Waals surface area contributed by atoms with E-state index in [1.807, 2.05) is 0 Å². The lowest BCUT2D eigenvalue weighted by Crippen LogP contribution is -2.41. The topological polar surface area (TPSA) is 76.7 Å². The molecule has 2 amide bonds. The van der Waals surface area contributed by atoms with E-state index in [0.717, 1.165) is 25.7 Å². The van der Waals surface area contributed by atoms with Gasteiger partial charge < -0.3 is 20.1 Å². The van der Waals surface area contributed by atoms with Gasteiger partial charge in [-0.1, -0.05) is 12.5 Å². The number of rotatable bonds is 3. The molecule has 25 heavy (non-hydrogen) atoms. The fourth-order valence-electron chi connectivity index (χ4n) is 3.22. The van der Waals surface area contributed by atoms with Crippen LogP contribution in [0.2, 0.25) is 0 Å². The van der Waals surface area contributed by atoms with Gasteiger partial charge in [0.1, 0.15) is 11.9 Å². The SMILES string of the molecule is Cc1ccc(NC(=O)C(=O)NC[C@@H]2COC3(CCCCC3)O2)cc1F. The quantitative estimate of drug-likeness (QED) is 0.820. The van der Waals surface area contributed by atoms with E-state index in [0.29, 0.717) is 12.2 Å². The molecule has 1 saturated heterocycles. The monoisotopic (exact) mass is 350 g/mol. The summed E-state index contributed by atoms with van der Waals surface area (Å²) in [6, 6.07) is 4.27. The number of anilines is 1. The van der Waals surface area contributed by atoms with Crippen LogP contribution in [0, 0.1) is 12.7 Å². The minimum absolute atomic E-state index is 0.205. The molecule has 1 atom stereocenters. The fourth-order valence-corrected chi connectivity index (χ4v) is 3.22. The van der Waals surface area contributed by atoms with Gasteiger partial charge in [-0.3, -0.25) is 9.59 Å². The van der Waals surface area contributed by atoms with Crippen LogP contribution in [0.5, 0.6) is 0 Å². The Morgan fingerprint density at radius 1 is 1.24 bits per heavy atom. The number of amides is 2. The van der Waals surface area contributed by atoms with Crippen LogP contribution in [-0.4, -0.2) is 36.9 Å². The van der Waals surface area contributed by atoms with Crippen LogP contribution >= 0.6 is 0 Å². The summed E-state index contributed by atoms with van der Waals surface area (Å²) in [5, 5.41) is 4.92. The molecule has 2 fully saturated rings. The predicted octanol–water partition coefficient (Wildman–Crippen LogP) is 2.26. The second-order valence-corrected chi connectivity index (χ2v) is 6.65. The molecule has 1 aromatic carbocycles. The van der Waals surface area contributed by atoms with Crippen molar-refractivity contribution in [1.29, 1.82) is 0 Å². The first-order chi connectivity index (χ1) is 12.0. The summed E-state index contributed by atoms with van der Waals surface area (Å²) in [6.45, 7) is 2.23. The number of benzene rings is 1. The van der Waals surface area contributed by atoms with Crippen LogP contribution < -0.4 is 10.6 Å². The molecule has 1 spiro atoms. The number of carbonyl (C=O) groups is 2. The Morgan fingerprint density at radius 3 is 2.72 bits per heavy atom. The summed E-state index contributed by atoms with van der Waals surface area (Å²) < 4.78 is 25.2. The molecule has 0 unspecified atom stereocenters. The Balaban J connectivity index is 1.46. The van der Waals surface area contributed by atoms with Crippen LogP contribution in [0.1, 0.15) is 37.7 Å². The highest BCUT2D eigenvalue weighted by atomic mass is 19.1. The number of hydrogen-bond acceptors (Lipinski definition) is 4. The normalized spacial score (nSPS) is 21.9. The lowest BCUT2D eigenvalue weighted by atomic mass is 9.94. The number of halogens is 1. The minimum atomic E-state index is -0.838. The lowest BCUT2D eigenvalue weighted by Gasteiger charge is -2.31. The van der Waals surface area contributed by atoms with E-state index in [9.17, 15) is 14.0 Å². The predicted molar refractivity (Wildman–Crippen MR) is 89.4 cm³/mol. The Morgan fingerprint density at radius 2 is 2.00 bits per heavy atom. The maximum atomic E-state index is 13.5. The molecule has 0 aromatic heterocycles. The van der Waals surface area contributed by atoms with E-state index in [2.05, 4.69) is 10.6 Å². The second kappa shape index (κ2) is 7.49. The molecule has 6 nitrogen and oxygen atoms in total. The van der Waals surface area contributed by atoms with Gasteiger partial charge in [0.2, 0.25) is 0 Å². The smallest absolute Gasteiger partial charge is 0.313 e. The number of hydrogen-bond donors (Lipinski definition) is 2. The molecule has 3 rings (SSSR count). The number of nitrogens with one attached hydrogen (secondary N) is 2. The van der Waals surface area contributed by atoms with E-state index in [-0.39, 0.29) is 18.3 Å². The first-order valence-electron chi connectivity index (χ1n) is 8.65. The summed E-state index contributed by atoms with van der Waals surface area (Å²) in [7, 11) is 0. The van der Waals surface area contributed by atoms with Crippen molar-refractivity contribution in [2.24, 2.45) is 0 Å². The third-order valence-electron chi connectivity index (χ3n) is 4.66. The molecule has 1 aromatic rings. The summed E-state index contributed by atoms with van der Waals surface area (Å²) in [5.74, 6) is -2.56. The van der Waals surface area contributed by atoms with E-state index >= 15 is 0 Å². The van der Waals surface area contributed by atoms with Crippen molar-refractivity contribution in [2.45, 2.75) is 50.9 Å². The molecule has 0 bridgehead atoms. The zero-order valence-corrected chi connectivity index (χ0v) is 14.3. The van der Waals surface area contributed by atoms with E-state index in [1.54, 1.807) is 13.0 Å². The number of aryl methyl sites for hydroxylation is 1. The van der Waals surface area contributed by atoms with Crippen molar-refractivity contribution in [3.05, 3.63) is 29.6 Å². The second-order valence-electron chi connectivity index (χ2n) is 6.65. The van der Waals surface area contributed by atoms with Crippen LogP contribution in [0.3, 0.4) is 0 Å². The Hall–Kier alpha value is -1.99. The summed E-state index contributed by atoms with van der Waals surface area (Å²) in [5.41, 5.74) is 0.710. The number of carbonyl (C=O) groups excluding carboxylic acids is 2. The molecule has 0 radical (unpaired) electrons. The maximum absolute atomic E-state index is 13.5. The maximum Gasteiger partial charge on any atom is 0.313 e. The zero-order valence-electron chi connectivity index (χ0n) is 14.3. The molecule has 2 aliphatic rings. The van der Waals surface area contributed by atoms with E-state index in [4.69, 9.17) is 9.47 Å². The summed E-state index contributed by atoms with van der Waals surface area (Å²) in [6.07, 6.45) is 4.83. The van der Waals surface area contributed by atoms with Crippen molar-refractivity contribution in [3.63, 3.8) is 0 Å². The van der Waals surface area contributed by atoms with Crippen LogP contribution in [-0.2, 0) is 19.1 Å². The van der Waals surface area contributed by atoms with Crippen molar-refractivity contribution < 1.29 is 23.5 Å². The van der Waals surface area contributed by atoms with Crippen LogP contribution in [0.25, 0.3) is 0 Å². The average molecular weight is 350 g/mol. The highest BCUT2D eigenvalue weighted by Gasteiger charge is 2.42. The molecular formula is C18H23FN2O4. The molecular weight excluding hydrogens is 327 g/mol. The molecule has 1 aliphatic heterocycles. The molecule has 1 saturated carbocycles. The van der Waals surface area contributed by atoms with Crippen molar-refractivity contribution in [1.82, 2.24) is 5.32 Å². The Labute approximate surface area is 146 Å². The largest absolute Gasteiger partial charge is 0.347 e. The van der Waals surface area contributed by atoms with Gasteiger partial charge in [0.25, 0.3) is 0 Å². The first kappa shape index (κ1) is 17.8. The van der Waals surface area contributed by atoms with E-state index in [1.165, 1.54) is 18.6 Å². The first-order valence-corrected chi connectivity index (χ1v) is 8.65. The van der Waals surface area contributed by atoms with Gasteiger partial charge in [-0.25, -0.2) is 4.39 Å². The molecule has 1 heterocycles. The van der Waals surface area contributed by atoms with Gasteiger partial charge in [0, 0.05) is 25.1 Å². The highest BCUT2D eigenvalue weighted by Crippen LogP contribution is 2.37. The van der Waals surface area contributed by atoms with Gasteiger partial charge in [-0.15, -0.1) is 0 Å². The van der Waals surface area contributed by atoms with Gasteiger partial charge in [-0.2, -0.15) is 0 Å². The molecule has 136 valence electrons. The number of ether oxygens (including phenoxy) is 2. The molecule has 2 N–H and O–H groups in total. The van der Waals surface area contributed by atoms with Gasteiger partial charge >= 0.3 is 11.8 Å². The van der Waals surface area contributed by atoms with Gasteiger partial charge in [-0.05, 0) is 37.5 Å². The lowest BCUT2D eigenvalue weighted by molar-refractivity contribution is -0.186. The average Bonchev–Trinajstić information content (AvgIpc) is 2.99. The third kappa shape index (κ3) is 4.35. The fraction of sp³-hybridized carbons (Fsp3) is 0.556. The van der Waals surface area contributed by atoms with Crippen LogP contribution in [0.4, 0.5) is 10.1 Å². The van der Waals surface area contributed by atoms with Gasteiger partial charge in [0.05, 0.1) is 6.61 Å². The van der Waals surface area contributed by atoms with E-state index < -0.39 is 23.4 Å². The molecule has 1 aliphatic carbocycles. The Bertz CT molecular complexity index is 658. The van der Waals surface area contributed by atoms with Crippen molar-refractivity contribution in [2.75, 3.05) is 18.5 Å². The zero-order chi connectivity index (χ0) is 17.9. The summed E-state index contributed by atoms with van der Waals surface area (Å²) >= 11 is 0. The van der Waals surface area contributed by atoms with Gasteiger partial charge in [0.15, 0.2) is 5.79 Å². The Kier molecular flexibility index (Phi) is 5.34. The van der Waals surface area contributed by atoms with Crippen molar-refractivity contribution in [3.8, 4) is 0 Å². The minimum Gasteiger partial charge on any atom is -0.347 e. The highest BCUT2D eigenvalue weighted by molar-refractivity contribution is 6.39. The standard InChI is InChI=1S/C18H23FN2O4/c1-12-5-6-13(9-15(12)19)21-17(23)16(22)20-10-14-11-24-18(25-14)7-3-2-4-8-18/h5-6,9,14H,2-4,7-8,10-11H2,1H3,(H,20,22)(H,21,23)/t14-/m1/s1. The third-order valence-corrected chi connectivity index (χ3v) is 4.66. The summed E-state index contributed by atoms with van der Waals surface area (Å²) in [4.78, 5) is 23.8. The van der Waals surface area contributed by atoms with Crippen LogP contribution in [0.15, 0.2) is 18.2 Å². The molecule has 7 heteroatoms. The van der Waals surface area contributed by atoms with Crippen molar-refractivity contribution >= 4 is 17.5 Å².